The maximum Gasteiger partial charge on any atom is 0.336 e. The van der Waals surface area contributed by atoms with Crippen molar-refractivity contribution in [2.75, 3.05) is 5.73 Å². The number of carboxylic acid groups (broad SMARTS) is 1. The van der Waals surface area contributed by atoms with E-state index in [4.69, 9.17) is 10.2 Å². The highest BCUT2D eigenvalue weighted by Gasteiger charge is 2.40. The lowest BCUT2D eigenvalue weighted by atomic mass is 9.92. The van der Waals surface area contributed by atoms with Gasteiger partial charge in [0.1, 0.15) is 5.82 Å². The van der Waals surface area contributed by atoms with E-state index < -0.39 is 17.3 Å². The minimum atomic E-state index is -1.74. The van der Waals surface area contributed by atoms with Gasteiger partial charge in [-0.05, 0) is 36.8 Å². The van der Waals surface area contributed by atoms with Gasteiger partial charge >= 0.3 is 5.97 Å². The Morgan fingerprint density at radius 2 is 2.07 bits per heavy atom. The first kappa shape index (κ1) is 17.8. The van der Waals surface area contributed by atoms with Crippen molar-refractivity contribution in [1.29, 1.82) is 0 Å². The van der Waals surface area contributed by atoms with Crippen LogP contribution < -0.4 is 5.73 Å². The maximum absolute atomic E-state index is 13.8. The lowest BCUT2D eigenvalue weighted by Gasteiger charge is -2.26. The summed E-state index contributed by atoms with van der Waals surface area (Å²) in [5, 5.41) is 19.0. The maximum atomic E-state index is 13.8. The molecule has 10 nitrogen and oxygen atoms in total. The summed E-state index contributed by atoms with van der Waals surface area (Å²) in [4.78, 5) is 21.0. The van der Waals surface area contributed by atoms with Crippen molar-refractivity contribution in [3.8, 4) is 11.6 Å². The Morgan fingerprint density at radius 3 is 2.77 bits per heavy atom. The molecule has 0 bridgehead atoms. The molecule has 30 heavy (non-hydrogen) atoms. The molecule has 1 atom stereocenters. The van der Waals surface area contributed by atoms with Gasteiger partial charge in [0.2, 0.25) is 11.8 Å². The first-order valence-corrected chi connectivity index (χ1v) is 8.83. The van der Waals surface area contributed by atoms with Crippen LogP contribution in [0, 0.1) is 5.82 Å². The van der Waals surface area contributed by atoms with Crippen LogP contribution in [0.3, 0.4) is 0 Å². The zero-order chi connectivity index (χ0) is 21.0. The van der Waals surface area contributed by atoms with Gasteiger partial charge in [-0.3, -0.25) is 0 Å². The van der Waals surface area contributed by atoms with Crippen LogP contribution in [0.5, 0.6) is 0 Å². The Kier molecular flexibility index (Phi) is 3.62. The standard InChI is InChI=1S/C19H14FN7O3/c1-19(17(28)29,10-4-2-5-11(20)8-10)27-16-12(9-22-27)15-23-14(13-6-3-7-30-13)25-26(15)18(21)24-16/h2-9H,1H3,(H2,21,24)(H,28,29). The van der Waals surface area contributed by atoms with E-state index in [1.807, 2.05) is 0 Å². The number of carbonyl (C=O) groups is 1. The lowest BCUT2D eigenvalue weighted by molar-refractivity contribution is -0.144. The summed E-state index contributed by atoms with van der Waals surface area (Å²) in [6, 6.07) is 8.73. The highest BCUT2D eigenvalue weighted by Crippen LogP contribution is 2.31. The molecule has 5 aromatic rings. The quantitative estimate of drug-likeness (QED) is 0.463. The zero-order valence-electron chi connectivity index (χ0n) is 15.5. The van der Waals surface area contributed by atoms with Crippen LogP contribution in [0.1, 0.15) is 12.5 Å². The third-order valence-electron chi connectivity index (χ3n) is 5.00. The van der Waals surface area contributed by atoms with Crippen LogP contribution in [0.25, 0.3) is 28.3 Å². The second-order valence-corrected chi connectivity index (χ2v) is 6.80. The number of aromatic nitrogens is 6. The third kappa shape index (κ3) is 2.38. The fourth-order valence-electron chi connectivity index (χ4n) is 3.37. The van der Waals surface area contributed by atoms with Crippen LogP contribution in [-0.2, 0) is 10.3 Å². The van der Waals surface area contributed by atoms with Crippen molar-refractivity contribution in [2.24, 2.45) is 0 Å². The molecule has 0 aliphatic heterocycles. The van der Waals surface area contributed by atoms with Gasteiger partial charge in [-0.2, -0.15) is 14.6 Å². The van der Waals surface area contributed by atoms with E-state index in [2.05, 4.69) is 20.2 Å². The largest absolute Gasteiger partial charge is 0.479 e. The van der Waals surface area contributed by atoms with E-state index in [9.17, 15) is 14.3 Å². The topological polar surface area (TPSA) is 137 Å². The molecule has 0 aliphatic carbocycles. The highest BCUT2D eigenvalue weighted by atomic mass is 19.1. The molecular weight excluding hydrogens is 393 g/mol. The Labute approximate surface area is 167 Å². The smallest absolute Gasteiger partial charge is 0.336 e. The summed E-state index contributed by atoms with van der Waals surface area (Å²) in [5.41, 5.74) is 5.03. The number of rotatable bonds is 4. The molecule has 0 aliphatic rings. The molecule has 1 aromatic carbocycles. The molecule has 11 heteroatoms. The summed E-state index contributed by atoms with van der Waals surface area (Å²) in [5.74, 6) is -1.09. The minimum Gasteiger partial charge on any atom is -0.479 e. The van der Waals surface area contributed by atoms with Crippen LogP contribution in [-0.4, -0.2) is 40.4 Å². The SMILES string of the molecule is CC(C(=O)O)(c1cccc(F)c1)n1ncc2c1nc(N)n1nc(-c3ccco3)nc21. The van der Waals surface area contributed by atoms with Crippen LogP contribution in [0.15, 0.2) is 53.3 Å². The summed E-state index contributed by atoms with van der Waals surface area (Å²) in [6.45, 7) is 1.41. The van der Waals surface area contributed by atoms with Crippen molar-refractivity contribution >= 4 is 28.6 Å². The van der Waals surface area contributed by atoms with Gasteiger partial charge in [0, 0.05) is 0 Å². The first-order valence-electron chi connectivity index (χ1n) is 8.83. The van der Waals surface area contributed by atoms with Crippen molar-refractivity contribution in [3.63, 3.8) is 0 Å². The molecular formula is C19H14FN7O3. The number of carboxylic acids is 1. The van der Waals surface area contributed by atoms with Gasteiger partial charge in [-0.1, -0.05) is 12.1 Å². The molecule has 3 N–H and O–H groups in total. The number of benzene rings is 1. The summed E-state index contributed by atoms with van der Waals surface area (Å²) < 4.78 is 21.7. The summed E-state index contributed by atoms with van der Waals surface area (Å²) in [7, 11) is 0. The number of halogens is 1. The van der Waals surface area contributed by atoms with Crippen molar-refractivity contribution in [2.45, 2.75) is 12.5 Å². The molecule has 0 saturated carbocycles. The van der Waals surface area contributed by atoms with E-state index in [0.717, 1.165) is 6.07 Å². The average molecular weight is 407 g/mol. The monoisotopic (exact) mass is 407 g/mol. The lowest BCUT2D eigenvalue weighted by Crippen LogP contribution is -2.41. The van der Waals surface area contributed by atoms with Gasteiger partial charge in [0.05, 0.1) is 17.8 Å². The van der Waals surface area contributed by atoms with Crippen molar-refractivity contribution in [1.82, 2.24) is 29.4 Å². The number of aliphatic carboxylic acids is 1. The number of hydrogen-bond donors (Lipinski definition) is 2. The Morgan fingerprint density at radius 1 is 1.23 bits per heavy atom. The normalized spacial score (nSPS) is 13.7. The predicted octanol–water partition coefficient (Wildman–Crippen LogP) is 2.30. The summed E-state index contributed by atoms with van der Waals surface area (Å²) in [6.07, 6.45) is 2.92. The van der Waals surface area contributed by atoms with Gasteiger partial charge in [0.25, 0.3) is 0 Å². The van der Waals surface area contributed by atoms with Crippen LogP contribution >= 0.6 is 0 Å². The second kappa shape index (κ2) is 6.11. The number of furan rings is 1. The number of anilines is 1. The molecule has 4 aromatic heterocycles. The van der Waals surface area contributed by atoms with Crippen LogP contribution in [0.2, 0.25) is 0 Å². The van der Waals surface area contributed by atoms with Gasteiger partial charge < -0.3 is 15.3 Å². The Balaban J connectivity index is 1.79. The Bertz CT molecular complexity index is 1420. The van der Waals surface area contributed by atoms with E-state index in [-0.39, 0.29) is 17.2 Å². The molecule has 4 heterocycles. The van der Waals surface area contributed by atoms with Gasteiger partial charge in [-0.25, -0.2) is 18.9 Å². The fourth-order valence-corrected chi connectivity index (χ4v) is 3.37. The Hall–Kier alpha value is -4.28. The summed E-state index contributed by atoms with van der Waals surface area (Å²) >= 11 is 0. The molecule has 150 valence electrons. The first-order chi connectivity index (χ1) is 14.4. The highest BCUT2D eigenvalue weighted by molar-refractivity contribution is 5.92. The third-order valence-corrected chi connectivity index (χ3v) is 5.00. The minimum absolute atomic E-state index is 0.0171. The number of nitrogens with two attached hydrogens (primary N) is 1. The van der Waals surface area contributed by atoms with E-state index in [1.54, 1.807) is 12.1 Å². The van der Waals surface area contributed by atoms with Crippen molar-refractivity contribution < 1.29 is 18.7 Å². The second-order valence-electron chi connectivity index (χ2n) is 6.80. The van der Waals surface area contributed by atoms with E-state index in [1.165, 1.54) is 46.8 Å². The molecule has 0 radical (unpaired) electrons. The van der Waals surface area contributed by atoms with Gasteiger partial charge in [0.15, 0.2) is 22.6 Å². The molecule has 5 rings (SSSR count). The van der Waals surface area contributed by atoms with E-state index >= 15 is 0 Å². The molecule has 1 unspecified atom stereocenters. The zero-order valence-corrected chi connectivity index (χ0v) is 15.5. The van der Waals surface area contributed by atoms with Crippen LogP contribution in [0.4, 0.5) is 10.3 Å². The predicted molar refractivity (Wildman–Crippen MR) is 103 cm³/mol. The molecule has 0 spiro atoms. The van der Waals surface area contributed by atoms with Crippen molar-refractivity contribution in [3.05, 3.63) is 60.2 Å². The van der Waals surface area contributed by atoms with Gasteiger partial charge in [-0.15, -0.1) is 5.10 Å². The number of hydrogen-bond acceptors (Lipinski definition) is 7. The molecule has 0 amide bonds. The number of nitrogen functional groups attached to an aromatic ring is 1. The fraction of sp³-hybridized carbons (Fsp3) is 0.105. The average Bonchev–Trinajstić information content (AvgIpc) is 3.45. The number of fused-ring (bicyclic) bond motifs is 3. The van der Waals surface area contributed by atoms with E-state index in [0.29, 0.717) is 22.6 Å². The molecule has 0 fully saturated rings. The number of nitrogens with zero attached hydrogens (tertiary/aromatic N) is 6. The molecule has 0 saturated heterocycles.